The summed E-state index contributed by atoms with van der Waals surface area (Å²) < 4.78 is 19.8. The summed E-state index contributed by atoms with van der Waals surface area (Å²) in [5.41, 5.74) is 0.946. The molecule has 2 N–H and O–H groups in total. The van der Waals surface area contributed by atoms with Crippen LogP contribution < -0.4 is 10.6 Å². The summed E-state index contributed by atoms with van der Waals surface area (Å²) in [6, 6.07) is 9.63. The Morgan fingerprint density at radius 1 is 1.37 bits per heavy atom. The number of rotatable bonds is 6. The van der Waals surface area contributed by atoms with E-state index in [1.807, 2.05) is 0 Å². The Kier molecular flexibility index (Phi) is 7.73. The number of benzene rings is 1. The molecule has 1 fully saturated rings. The van der Waals surface area contributed by atoms with Crippen LogP contribution in [0.25, 0.3) is 0 Å². The number of nitrogens with one attached hydrogen (secondary N) is 2. The van der Waals surface area contributed by atoms with Crippen LogP contribution in [0.5, 0.6) is 0 Å². The summed E-state index contributed by atoms with van der Waals surface area (Å²) in [6.07, 6.45) is 1.14. The lowest BCUT2D eigenvalue weighted by Gasteiger charge is -2.26. The van der Waals surface area contributed by atoms with Gasteiger partial charge in [-0.1, -0.05) is 23.7 Å². The van der Waals surface area contributed by atoms with Crippen molar-refractivity contribution in [3.8, 4) is 0 Å². The highest BCUT2D eigenvalue weighted by molar-refractivity contribution is 6.30. The zero-order valence-electron chi connectivity index (χ0n) is 16.6. The van der Waals surface area contributed by atoms with Crippen LogP contribution in [0.4, 0.5) is 4.39 Å². The van der Waals surface area contributed by atoms with Crippen molar-refractivity contribution < 1.29 is 18.7 Å². The zero-order chi connectivity index (χ0) is 21.5. The van der Waals surface area contributed by atoms with Gasteiger partial charge in [-0.15, -0.1) is 0 Å². The first kappa shape index (κ1) is 22.1. The molecule has 9 heteroatoms. The van der Waals surface area contributed by atoms with Gasteiger partial charge in [-0.3, -0.25) is 14.6 Å². The lowest BCUT2D eigenvalue weighted by Crippen LogP contribution is -2.42. The van der Waals surface area contributed by atoms with E-state index in [4.69, 9.17) is 16.3 Å². The van der Waals surface area contributed by atoms with Crippen LogP contribution in [-0.4, -0.2) is 61.5 Å². The van der Waals surface area contributed by atoms with E-state index in [9.17, 15) is 14.0 Å². The first-order valence-corrected chi connectivity index (χ1v) is 10.0. The summed E-state index contributed by atoms with van der Waals surface area (Å²) in [4.78, 5) is 30.0. The molecule has 0 saturated carbocycles. The number of aromatic nitrogens is 1. The molecule has 2 aromatic rings. The van der Waals surface area contributed by atoms with E-state index in [0.29, 0.717) is 31.8 Å². The molecular formula is C21H24ClFN4O3. The molecule has 1 aliphatic rings. The molecule has 2 atom stereocenters. The van der Waals surface area contributed by atoms with E-state index in [-0.39, 0.29) is 41.1 Å². The Bertz CT molecular complexity index is 884. The van der Waals surface area contributed by atoms with Crippen LogP contribution in [0.3, 0.4) is 0 Å². The Morgan fingerprint density at radius 3 is 2.93 bits per heavy atom. The smallest absolute Gasteiger partial charge is 0.272 e. The predicted molar refractivity (Wildman–Crippen MR) is 111 cm³/mol. The first-order valence-electron chi connectivity index (χ1n) is 9.66. The molecule has 3 rings (SSSR count). The fraction of sp³-hybridized carbons (Fsp3) is 0.381. The normalized spacial score (nSPS) is 19.0. The molecule has 7 nitrogen and oxygen atoms in total. The van der Waals surface area contributed by atoms with Gasteiger partial charge in [0.1, 0.15) is 11.5 Å². The molecule has 30 heavy (non-hydrogen) atoms. The van der Waals surface area contributed by atoms with Gasteiger partial charge in [0.25, 0.3) is 5.91 Å². The molecule has 0 bridgehead atoms. The second-order valence-corrected chi connectivity index (χ2v) is 7.52. The number of pyridine rings is 1. The minimum Gasteiger partial charge on any atom is -0.372 e. The number of hydrogen-bond donors (Lipinski definition) is 2. The highest BCUT2D eigenvalue weighted by Gasteiger charge is 2.27. The molecule has 2 heterocycles. The lowest BCUT2D eigenvalue weighted by atomic mass is 9.95. The van der Waals surface area contributed by atoms with Gasteiger partial charge in [0.15, 0.2) is 0 Å². The van der Waals surface area contributed by atoms with Crippen LogP contribution in [0.15, 0.2) is 42.6 Å². The van der Waals surface area contributed by atoms with Gasteiger partial charge in [-0.25, -0.2) is 4.39 Å². The maximum atomic E-state index is 13.9. The van der Waals surface area contributed by atoms with Crippen molar-refractivity contribution in [3.63, 3.8) is 0 Å². The zero-order valence-corrected chi connectivity index (χ0v) is 17.4. The molecule has 2 amide bonds. The molecule has 1 aromatic heterocycles. The predicted octanol–water partition coefficient (Wildman–Crippen LogP) is 2.04. The minimum absolute atomic E-state index is 0.0518. The molecule has 1 saturated heterocycles. The second kappa shape index (κ2) is 10.5. The van der Waals surface area contributed by atoms with E-state index in [1.54, 1.807) is 31.3 Å². The SMILES string of the molecule is CN(CC(=O)NCC1CNCCOC1c1ccc(Cl)c(F)c1)C(=O)c1ccccn1. The van der Waals surface area contributed by atoms with Crippen molar-refractivity contribution in [2.75, 3.05) is 39.8 Å². The number of halogens is 2. The average molecular weight is 435 g/mol. The number of hydrogen-bond acceptors (Lipinski definition) is 5. The number of likely N-dealkylation sites (N-methyl/N-ethyl adjacent to an activating group) is 1. The topological polar surface area (TPSA) is 83.6 Å². The number of carbonyl (C=O) groups excluding carboxylic acids is 2. The van der Waals surface area contributed by atoms with Crippen molar-refractivity contribution in [2.24, 2.45) is 5.92 Å². The maximum absolute atomic E-state index is 13.9. The van der Waals surface area contributed by atoms with E-state index in [0.717, 1.165) is 0 Å². The summed E-state index contributed by atoms with van der Waals surface area (Å²) in [5, 5.41) is 6.16. The Labute approximate surface area is 179 Å². The minimum atomic E-state index is -0.507. The van der Waals surface area contributed by atoms with Crippen LogP contribution in [-0.2, 0) is 9.53 Å². The first-order chi connectivity index (χ1) is 14.5. The van der Waals surface area contributed by atoms with Crippen LogP contribution in [0.1, 0.15) is 22.2 Å². The Hall–Kier alpha value is -2.55. The number of amides is 2. The number of nitrogens with zero attached hydrogens (tertiary/aromatic N) is 2. The molecular weight excluding hydrogens is 411 g/mol. The van der Waals surface area contributed by atoms with Crippen LogP contribution >= 0.6 is 11.6 Å². The van der Waals surface area contributed by atoms with Gasteiger partial charge in [-0.2, -0.15) is 0 Å². The average Bonchev–Trinajstić information content (AvgIpc) is 3.00. The number of ether oxygens (including phenoxy) is 1. The van der Waals surface area contributed by atoms with Crippen LogP contribution in [0.2, 0.25) is 5.02 Å². The van der Waals surface area contributed by atoms with Gasteiger partial charge in [-0.05, 0) is 29.8 Å². The fourth-order valence-electron chi connectivity index (χ4n) is 3.30. The van der Waals surface area contributed by atoms with E-state index >= 15 is 0 Å². The molecule has 0 aliphatic carbocycles. The Balaban J connectivity index is 1.59. The summed E-state index contributed by atoms with van der Waals surface area (Å²) >= 11 is 5.79. The van der Waals surface area contributed by atoms with Crippen molar-refractivity contribution in [2.45, 2.75) is 6.10 Å². The van der Waals surface area contributed by atoms with Gasteiger partial charge in [0.2, 0.25) is 5.91 Å². The summed E-state index contributed by atoms with van der Waals surface area (Å²) in [6.45, 7) is 1.94. The standard InChI is InChI=1S/C21H24ClFN4O3/c1-27(21(29)18-4-2-3-7-25-18)13-19(28)26-12-15-11-24-8-9-30-20(15)14-5-6-16(22)17(23)10-14/h2-7,10,15,20,24H,8-9,11-13H2,1H3,(H,26,28). The maximum Gasteiger partial charge on any atom is 0.272 e. The van der Waals surface area contributed by atoms with Crippen molar-refractivity contribution in [3.05, 3.63) is 64.7 Å². The molecule has 160 valence electrons. The third kappa shape index (κ3) is 5.75. The number of carbonyl (C=O) groups is 2. The van der Waals surface area contributed by atoms with Crippen molar-refractivity contribution in [1.82, 2.24) is 20.5 Å². The second-order valence-electron chi connectivity index (χ2n) is 7.11. The molecule has 1 aromatic carbocycles. The fourth-order valence-corrected chi connectivity index (χ4v) is 3.42. The summed E-state index contributed by atoms with van der Waals surface area (Å²) in [7, 11) is 1.55. The third-order valence-corrected chi connectivity index (χ3v) is 5.16. The molecule has 2 unspecified atom stereocenters. The monoisotopic (exact) mass is 434 g/mol. The van der Waals surface area contributed by atoms with E-state index in [2.05, 4.69) is 15.6 Å². The molecule has 0 radical (unpaired) electrons. The highest BCUT2D eigenvalue weighted by Crippen LogP contribution is 2.29. The van der Waals surface area contributed by atoms with Crippen LogP contribution in [0, 0.1) is 11.7 Å². The summed E-state index contributed by atoms with van der Waals surface area (Å²) in [5.74, 6) is -1.26. The van der Waals surface area contributed by atoms with Gasteiger partial charge >= 0.3 is 0 Å². The van der Waals surface area contributed by atoms with Crippen molar-refractivity contribution >= 4 is 23.4 Å². The third-order valence-electron chi connectivity index (χ3n) is 4.86. The molecule has 1 aliphatic heterocycles. The molecule has 0 spiro atoms. The van der Waals surface area contributed by atoms with Gasteiger partial charge in [0, 0.05) is 38.8 Å². The van der Waals surface area contributed by atoms with E-state index in [1.165, 1.54) is 23.2 Å². The van der Waals surface area contributed by atoms with Gasteiger partial charge in [0.05, 0.1) is 24.3 Å². The largest absolute Gasteiger partial charge is 0.372 e. The highest BCUT2D eigenvalue weighted by atomic mass is 35.5. The van der Waals surface area contributed by atoms with Crippen molar-refractivity contribution in [1.29, 1.82) is 0 Å². The van der Waals surface area contributed by atoms with Gasteiger partial charge < -0.3 is 20.3 Å². The lowest BCUT2D eigenvalue weighted by molar-refractivity contribution is -0.122. The van der Waals surface area contributed by atoms with E-state index < -0.39 is 5.82 Å². The Morgan fingerprint density at radius 2 is 2.20 bits per heavy atom. The quantitative estimate of drug-likeness (QED) is 0.727.